The second-order valence-corrected chi connectivity index (χ2v) is 8.95. The lowest BCUT2D eigenvalue weighted by atomic mass is 9.93. The van der Waals surface area contributed by atoms with Crippen LogP contribution in [0, 0.1) is 11.7 Å². The molecule has 0 saturated heterocycles. The highest BCUT2D eigenvalue weighted by Crippen LogP contribution is 2.37. The minimum atomic E-state index is -0.455. The Labute approximate surface area is 192 Å². The van der Waals surface area contributed by atoms with Crippen LogP contribution in [0.25, 0.3) is 16.8 Å². The van der Waals surface area contributed by atoms with E-state index < -0.39 is 6.10 Å². The van der Waals surface area contributed by atoms with Gasteiger partial charge in [-0.3, -0.25) is 4.68 Å². The van der Waals surface area contributed by atoms with Gasteiger partial charge in [-0.25, -0.2) is 9.37 Å². The highest BCUT2D eigenvalue weighted by molar-refractivity contribution is 5.74. The summed E-state index contributed by atoms with van der Waals surface area (Å²) in [7, 11) is 1.89. The summed E-state index contributed by atoms with van der Waals surface area (Å²) < 4.78 is 22.3. The minimum Gasteiger partial charge on any atom is -0.482 e. The number of aromatic nitrogens is 3. The van der Waals surface area contributed by atoms with Gasteiger partial charge in [-0.1, -0.05) is 6.07 Å². The number of nitrogen functional groups attached to an aromatic ring is 1. The van der Waals surface area contributed by atoms with Gasteiger partial charge in [0.05, 0.1) is 5.69 Å². The van der Waals surface area contributed by atoms with E-state index in [2.05, 4.69) is 10.3 Å². The van der Waals surface area contributed by atoms with Gasteiger partial charge in [0.2, 0.25) is 0 Å². The predicted octanol–water partition coefficient (Wildman–Crippen LogP) is 3.57. The van der Waals surface area contributed by atoms with E-state index in [9.17, 15) is 4.39 Å². The first-order valence-corrected chi connectivity index (χ1v) is 11.3. The Hall–Kier alpha value is -3.39. The molecule has 0 radical (unpaired) electrons. The summed E-state index contributed by atoms with van der Waals surface area (Å²) in [5.74, 6) is 1.11. The number of hydrogen-bond acceptors (Lipinski definition) is 6. The quantitative estimate of drug-likeness (QED) is 0.564. The summed E-state index contributed by atoms with van der Waals surface area (Å²) >= 11 is 0. The molecule has 2 aromatic heterocycles. The number of nitrogens with zero attached hydrogens (tertiary/aromatic N) is 3. The van der Waals surface area contributed by atoms with Crippen LogP contribution in [0.3, 0.4) is 0 Å². The van der Waals surface area contributed by atoms with Crippen molar-refractivity contribution in [3.8, 4) is 16.9 Å². The van der Waals surface area contributed by atoms with E-state index >= 15 is 0 Å². The summed E-state index contributed by atoms with van der Waals surface area (Å²) in [6.45, 7) is 3.13. The fourth-order valence-electron chi connectivity index (χ4n) is 4.41. The smallest absolute Gasteiger partial charge is 0.166 e. The Bertz CT molecular complexity index is 1230. The van der Waals surface area contributed by atoms with Crippen LogP contribution < -0.4 is 21.5 Å². The van der Waals surface area contributed by atoms with Crippen molar-refractivity contribution in [1.29, 1.82) is 0 Å². The number of halogens is 1. The van der Waals surface area contributed by atoms with Gasteiger partial charge in [0, 0.05) is 61.3 Å². The average molecular weight is 449 g/mol. The molecular formula is C25H29FN6O. The number of nitrogens with one attached hydrogen (secondary N) is 1. The van der Waals surface area contributed by atoms with Crippen molar-refractivity contribution in [1.82, 2.24) is 20.1 Å². The zero-order valence-electron chi connectivity index (χ0n) is 18.9. The SMILES string of the molecule is CC1Oc2cc(cnc2N)/C(NCC2CC2)=C(/CN)Cc2nn(C)cc2-c2ccc(F)cc21. The average Bonchev–Trinajstić information content (AvgIpc) is 3.55. The van der Waals surface area contributed by atoms with Gasteiger partial charge in [0.1, 0.15) is 11.9 Å². The van der Waals surface area contributed by atoms with Crippen molar-refractivity contribution in [2.24, 2.45) is 18.7 Å². The first kappa shape index (κ1) is 21.5. The summed E-state index contributed by atoms with van der Waals surface area (Å²) in [5, 5.41) is 8.36. The molecule has 1 aliphatic carbocycles. The molecule has 1 aromatic carbocycles. The van der Waals surface area contributed by atoms with Crippen molar-refractivity contribution in [2.45, 2.75) is 32.3 Å². The lowest BCUT2D eigenvalue weighted by Crippen LogP contribution is -2.22. The molecule has 0 amide bonds. The van der Waals surface area contributed by atoms with E-state index in [0.29, 0.717) is 30.5 Å². The van der Waals surface area contributed by atoms with Gasteiger partial charge in [-0.05, 0) is 55.0 Å². The molecule has 1 fully saturated rings. The molecule has 7 nitrogen and oxygen atoms in total. The molecule has 5 N–H and O–H groups in total. The highest BCUT2D eigenvalue weighted by Gasteiger charge is 2.25. The third-order valence-corrected chi connectivity index (χ3v) is 6.37. The molecule has 1 unspecified atom stereocenters. The van der Waals surface area contributed by atoms with Gasteiger partial charge in [0.15, 0.2) is 11.6 Å². The number of pyridine rings is 1. The fraction of sp³-hybridized carbons (Fsp3) is 0.360. The molecule has 8 heteroatoms. The number of fused-ring (bicyclic) bond motifs is 5. The number of aryl methyl sites for hydroxylation is 1. The standard InChI is InChI=1S/C25H29FN6O/c1-14-20-9-18(26)5-6-19(20)21-13-32(2)31-22(21)7-16(10-27)24(29-11-15-3-4-15)17-8-23(33-14)25(28)30-12-17/h5-6,8-9,12-15,29H,3-4,7,10-11,27H2,1-2H3,(H2,28,30)/b24-16-. The van der Waals surface area contributed by atoms with E-state index in [4.69, 9.17) is 21.3 Å². The van der Waals surface area contributed by atoms with Crippen LogP contribution in [0.15, 0.2) is 42.2 Å². The van der Waals surface area contributed by atoms with Crippen LogP contribution in [-0.4, -0.2) is 27.9 Å². The molecule has 3 heterocycles. The summed E-state index contributed by atoms with van der Waals surface area (Å²) in [6.07, 6.45) is 6.29. The zero-order chi connectivity index (χ0) is 23.1. The first-order valence-electron chi connectivity index (χ1n) is 11.3. The molecule has 2 bridgehead atoms. The first-order chi connectivity index (χ1) is 15.9. The van der Waals surface area contributed by atoms with Crippen molar-refractivity contribution in [3.63, 3.8) is 0 Å². The van der Waals surface area contributed by atoms with Crippen LogP contribution in [0.2, 0.25) is 0 Å². The Kier molecular flexibility index (Phi) is 5.54. The summed E-state index contributed by atoms with van der Waals surface area (Å²) in [6, 6.07) is 6.65. The van der Waals surface area contributed by atoms with Crippen LogP contribution in [0.4, 0.5) is 10.2 Å². The van der Waals surface area contributed by atoms with E-state index in [0.717, 1.165) is 45.8 Å². The summed E-state index contributed by atoms with van der Waals surface area (Å²) in [4.78, 5) is 4.39. The number of nitrogens with two attached hydrogens (primary N) is 2. The number of benzene rings is 1. The number of rotatable bonds is 4. The maximum Gasteiger partial charge on any atom is 0.166 e. The molecule has 1 aliphatic heterocycles. The van der Waals surface area contributed by atoms with E-state index in [-0.39, 0.29) is 5.82 Å². The lowest BCUT2D eigenvalue weighted by molar-refractivity contribution is 0.227. The summed E-state index contributed by atoms with van der Waals surface area (Å²) in [5.41, 5.74) is 18.7. The number of ether oxygens (including phenoxy) is 1. The predicted molar refractivity (Wildman–Crippen MR) is 127 cm³/mol. The van der Waals surface area contributed by atoms with E-state index in [1.165, 1.54) is 25.0 Å². The van der Waals surface area contributed by atoms with Crippen molar-refractivity contribution >= 4 is 11.5 Å². The third kappa shape index (κ3) is 4.30. The minimum absolute atomic E-state index is 0.290. The molecule has 172 valence electrons. The highest BCUT2D eigenvalue weighted by atomic mass is 19.1. The fourth-order valence-corrected chi connectivity index (χ4v) is 4.41. The molecule has 3 aromatic rings. The van der Waals surface area contributed by atoms with Gasteiger partial charge >= 0.3 is 0 Å². The van der Waals surface area contributed by atoms with Crippen molar-refractivity contribution in [3.05, 3.63) is 64.9 Å². The van der Waals surface area contributed by atoms with Crippen LogP contribution >= 0.6 is 0 Å². The molecular weight excluding hydrogens is 419 g/mol. The Morgan fingerprint density at radius 2 is 2.06 bits per heavy atom. The van der Waals surface area contributed by atoms with Crippen LogP contribution in [-0.2, 0) is 13.5 Å². The van der Waals surface area contributed by atoms with Crippen molar-refractivity contribution < 1.29 is 9.13 Å². The molecule has 0 spiro atoms. The topological polar surface area (TPSA) is 104 Å². The van der Waals surface area contributed by atoms with Crippen LogP contribution in [0.1, 0.15) is 42.7 Å². The van der Waals surface area contributed by atoms with Crippen molar-refractivity contribution in [2.75, 3.05) is 18.8 Å². The third-order valence-electron chi connectivity index (χ3n) is 6.37. The largest absolute Gasteiger partial charge is 0.482 e. The second kappa shape index (κ2) is 8.51. The Balaban J connectivity index is 1.72. The van der Waals surface area contributed by atoms with Gasteiger partial charge < -0.3 is 21.5 Å². The van der Waals surface area contributed by atoms with Gasteiger partial charge in [-0.2, -0.15) is 5.10 Å². The lowest BCUT2D eigenvalue weighted by Gasteiger charge is -2.23. The van der Waals surface area contributed by atoms with E-state index in [1.807, 2.05) is 26.2 Å². The zero-order valence-corrected chi connectivity index (χ0v) is 18.9. The van der Waals surface area contributed by atoms with E-state index in [1.54, 1.807) is 16.9 Å². The normalized spacial score (nSPS) is 20.2. The maximum atomic E-state index is 14.3. The second-order valence-electron chi connectivity index (χ2n) is 8.95. The molecule has 5 rings (SSSR count). The maximum absolute atomic E-state index is 14.3. The molecule has 2 aliphatic rings. The monoisotopic (exact) mass is 448 g/mol. The molecule has 33 heavy (non-hydrogen) atoms. The van der Waals surface area contributed by atoms with Crippen LogP contribution in [0.5, 0.6) is 5.75 Å². The number of hydrogen-bond donors (Lipinski definition) is 3. The van der Waals surface area contributed by atoms with Gasteiger partial charge in [0.25, 0.3) is 0 Å². The molecule has 1 atom stereocenters. The Morgan fingerprint density at radius 3 is 2.82 bits per heavy atom. The number of anilines is 1. The Morgan fingerprint density at radius 1 is 1.24 bits per heavy atom. The van der Waals surface area contributed by atoms with Gasteiger partial charge in [-0.15, -0.1) is 0 Å². The molecule has 1 saturated carbocycles.